The molecule has 1 aromatic heterocycles. The first-order chi connectivity index (χ1) is 12.6. The molecule has 0 saturated carbocycles. The third kappa shape index (κ3) is 5.30. The standard InChI is InChI=1S/C21H28N4O/c1-17-12-18(2)14-20(13-17)23-7-5-21(26)25-10-8-24(9-11-25)16-19-4-3-6-22-15-19/h3-4,6,12-15,23H,5,7-11,16H2,1-2H3. The second-order valence-electron chi connectivity index (χ2n) is 7.07. The average molecular weight is 352 g/mol. The number of aromatic nitrogens is 1. The summed E-state index contributed by atoms with van der Waals surface area (Å²) in [6.45, 7) is 9.23. The molecule has 1 amide bonds. The second-order valence-corrected chi connectivity index (χ2v) is 7.07. The van der Waals surface area contributed by atoms with E-state index in [0.29, 0.717) is 13.0 Å². The Bertz CT molecular complexity index is 704. The molecule has 0 atom stereocenters. The fraction of sp³-hybridized carbons (Fsp3) is 0.429. The molecule has 5 nitrogen and oxygen atoms in total. The minimum absolute atomic E-state index is 0.239. The monoisotopic (exact) mass is 352 g/mol. The summed E-state index contributed by atoms with van der Waals surface area (Å²) in [6, 6.07) is 10.5. The first-order valence-corrected chi connectivity index (χ1v) is 9.31. The van der Waals surface area contributed by atoms with E-state index in [-0.39, 0.29) is 5.91 Å². The normalized spacial score (nSPS) is 15.1. The van der Waals surface area contributed by atoms with Gasteiger partial charge in [0.15, 0.2) is 0 Å². The van der Waals surface area contributed by atoms with Crippen molar-refractivity contribution in [2.24, 2.45) is 0 Å². The molecule has 2 heterocycles. The van der Waals surface area contributed by atoms with Gasteiger partial charge in [-0.25, -0.2) is 0 Å². The van der Waals surface area contributed by atoms with Crippen LogP contribution in [-0.2, 0) is 11.3 Å². The van der Waals surface area contributed by atoms with Crippen molar-refractivity contribution in [1.82, 2.24) is 14.8 Å². The molecule has 0 unspecified atom stereocenters. The van der Waals surface area contributed by atoms with Gasteiger partial charge in [-0.05, 0) is 48.7 Å². The fourth-order valence-corrected chi connectivity index (χ4v) is 3.45. The number of hydrogen-bond donors (Lipinski definition) is 1. The topological polar surface area (TPSA) is 48.5 Å². The molecular formula is C21H28N4O. The lowest BCUT2D eigenvalue weighted by molar-refractivity contribution is -0.132. The Morgan fingerprint density at radius 3 is 2.50 bits per heavy atom. The third-order valence-corrected chi connectivity index (χ3v) is 4.74. The maximum atomic E-state index is 12.4. The molecule has 1 N–H and O–H groups in total. The summed E-state index contributed by atoms with van der Waals surface area (Å²) in [7, 11) is 0. The van der Waals surface area contributed by atoms with Gasteiger partial charge in [0.25, 0.3) is 0 Å². The summed E-state index contributed by atoms with van der Waals surface area (Å²) in [6.07, 6.45) is 4.25. The fourth-order valence-electron chi connectivity index (χ4n) is 3.45. The molecule has 0 spiro atoms. The molecule has 1 saturated heterocycles. The largest absolute Gasteiger partial charge is 0.385 e. The number of pyridine rings is 1. The van der Waals surface area contributed by atoms with Gasteiger partial charge in [-0.3, -0.25) is 14.7 Å². The Balaban J connectivity index is 1.39. The number of piperazine rings is 1. The number of nitrogens with one attached hydrogen (secondary N) is 1. The summed E-state index contributed by atoms with van der Waals surface area (Å²) >= 11 is 0. The Morgan fingerprint density at radius 2 is 1.85 bits per heavy atom. The van der Waals surface area contributed by atoms with E-state index in [4.69, 9.17) is 0 Å². The second kappa shape index (κ2) is 8.81. The van der Waals surface area contributed by atoms with Gasteiger partial charge < -0.3 is 10.2 Å². The number of nitrogens with zero attached hydrogens (tertiary/aromatic N) is 3. The van der Waals surface area contributed by atoms with Crippen LogP contribution in [0.5, 0.6) is 0 Å². The Labute approximate surface area is 156 Å². The maximum Gasteiger partial charge on any atom is 0.224 e. The van der Waals surface area contributed by atoms with Crippen molar-refractivity contribution in [2.45, 2.75) is 26.8 Å². The van der Waals surface area contributed by atoms with Crippen molar-refractivity contribution in [3.05, 3.63) is 59.4 Å². The zero-order valence-electron chi connectivity index (χ0n) is 15.7. The Kier molecular flexibility index (Phi) is 6.23. The highest BCUT2D eigenvalue weighted by Crippen LogP contribution is 2.14. The molecular weight excluding hydrogens is 324 g/mol. The van der Waals surface area contributed by atoms with Gasteiger partial charge in [0.2, 0.25) is 5.91 Å². The van der Waals surface area contributed by atoms with E-state index in [1.807, 2.05) is 17.2 Å². The molecule has 5 heteroatoms. The molecule has 1 fully saturated rings. The SMILES string of the molecule is Cc1cc(C)cc(NCCC(=O)N2CCN(Cc3cccnc3)CC2)c1. The van der Waals surface area contributed by atoms with Crippen molar-refractivity contribution >= 4 is 11.6 Å². The number of benzene rings is 1. The summed E-state index contributed by atoms with van der Waals surface area (Å²) in [5, 5.41) is 3.37. The Morgan fingerprint density at radius 1 is 1.12 bits per heavy atom. The van der Waals surface area contributed by atoms with Gasteiger partial charge in [-0.15, -0.1) is 0 Å². The first-order valence-electron chi connectivity index (χ1n) is 9.31. The van der Waals surface area contributed by atoms with E-state index in [1.165, 1.54) is 16.7 Å². The van der Waals surface area contributed by atoms with E-state index in [0.717, 1.165) is 38.4 Å². The van der Waals surface area contributed by atoms with E-state index >= 15 is 0 Å². The number of rotatable bonds is 6. The smallest absolute Gasteiger partial charge is 0.224 e. The minimum Gasteiger partial charge on any atom is -0.385 e. The number of carbonyl (C=O) groups is 1. The van der Waals surface area contributed by atoms with Crippen LogP contribution in [0.4, 0.5) is 5.69 Å². The number of anilines is 1. The predicted octanol–water partition coefficient (Wildman–Crippen LogP) is 2.84. The molecule has 0 radical (unpaired) electrons. The molecule has 26 heavy (non-hydrogen) atoms. The van der Waals surface area contributed by atoms with Crippen LogP contribution < -0.4 is 5.32 Å². The zero-order valence-corrected chi connectivity index (χ0v) is 15.7. The third-order valence-electron chi connectivity index (χ3n) is 4.74. The van der Waals surface area contributed by atoms with Crippen LogP contribution in [-0.4, -0.2) is 53.4 Å². The molecule has 3 rings (SSSR count). The zero-order chi connectivity index (χ0) is 18.4. The van der Waals surface area contributed by atoms with Crippen molar-refractivity contribution < 1.29 is 4.79 Å². The molecule has 1 aromatic carbocycles. The average Bonchev–Trinajstić information content (AvgIpc) is 2.62. The van der Waals surface area contributed by atoms with Crippen LogP contribution in [0.3, 0.4) is 0 Å². The van der Waals surface area contributed by atoms with Gasteiger partial charge in [0.1, 0.15) is 0 Å². The van der Waals surface area contributed by atoms with Gasteiger partial charge in [0.05, 0.1) is 0 Å². The molecule has 0 aliphatic carbocycles. The lowest BCUT2D eigenvalue weighted by atomic mass is 10.1. The number of aryl methyl sites for hydroxylation is 2. The number of carbonyl (C=O) groups excluding carboxylic acids is 1. The molecule has 0 bridgehead atoms. The summed E-state index contributed by atoms with van der Waals surface area (Å²) in [4.78, 5) is 21.0. The lowest BCUT2D eigenvalue weighted by Crippen LogP contribution is -2.48. The van der Waals surface area contributed by atoms with Crippen LogP contribution in [0.1, 0.15) is 23.1 Å². The Hall–Kier alpha value is -2.40. The van der Waals surface area contributed by atoms with Crippen LogP contribution in [0.25, 0.3) is 0 Å². The summed E-state index contributed by atoms with van der Waals surface area (Å²) in [5.41, 5.74) is 4.80. The van der Waals surface area contributed by atoms with Crippen molar-refractivity contribution in [3.63, 3.8) is 0 Å². The highest BCUT2D eigenvalue weighted by Gasteiger charge is 2.20. The van der Waals surface area contributed by atoms with Gasteiger partial charge in [0, 0.05) is 63.8 Å². The maximum absolute atomic E-state index is 12.4. The molecule has 1 aliphatic heterocycles. The van der Waals surface area contributed by atoms with Crippen LogP contribution >= 0.6 is 0 Å². The highest BCUT2D eigenvalue weighted by atomic mass is 16.2. The molecule has 1 aliphatic rings. The van der Waals surface area contributed by atoms with Crippen molar-refractivity contribution in [2.75, 3.05) is 38.0 Å². The van der Waals surface area contributed by atoms with E-state index < -0.39 is 0 Å². The van der Waals surface area contributed by atoms with Gasteiger partial charge >= 0.3 is 0 Å². The van der Waals surface area contributed by atoms with Crippen LogP contribution in [0.15, 0.2) is 42.7 Å². The van der Waals surface area contributed by atoms with Gasteiger partial charge in [-0.1, -0.05) is 12.1 Å². The van der Waals surface area contributed by atoms with Crippen molar-refractivity contribution in [3.8, 4) is 0 Å². The van der Waals surface area contributed by atoms with E-state index in [9.17, 15) is 4.79 Å². The lowest BCUT2D eigenvalue weighted by Gasteiger charge is -2.34. The number of hydrogen-bond acceptors (Lipinski definition) is 4. The van der Waals surface area contributed by atoms with E-state index in [1.54, 1.807) is 6.20 Å². The summed E-state index contributed by atoms with van der Waals surface area (Å²) in [5.74, 6) is 0.239. The van der Waals surface area contributed by atoms with E-state index in [2.05, 4.69) is 53.3 Å². The van der Waals surface area contributed by atoms with Gasteiger partial charge in [-0.2, -0.15) is 0 Å². The minimum atomic E-state index is 0.239. The molecule has 138 valence electrons. The van der Waals surface area contributed by atoms with Crippen LogP contribution in [0.2, 0.25) is 0 Å². The summed E-state index contributed by atoms with van der Waals surface area (Å²) < 4.78 is 0. The van der Waals surface area contributed by atoms with Crippen molar-refractivity contribution in [1.29, 1.82) is 0 Å². The predicted molar refractivity (Wildman–Crippen MR) is 105 cm³/mol. The first kappa shape index (κ1) is 18.4. The highest BCUT2D eigenvalue weighted by molar-refractivity contribution is 5.76. The van der Waals surface area contributed by atoms with Crippen LogP contribution in [0, 0.1) is 13.8 Å². The quantitative estimate of drug-likeness (QED) is 0.868. The molecule has 2 aromatic rings. The number of amides is 1.